The number of hydrogen-bond donors (Lipinski definition) is 1. The molecule has 2 aromatic rings. The molecule has 0 saturated carbocycles. The standard InChI is InChI=1S/C9H8N.Na.H/c1-7-6-8-4-2-3-5-9(8)10-7;;/h2-6,10H,1H2;;. The number of nitrogens with one attached hydrogen (secondary N) is 1. The van der Waals surface area contributed by atoms with E-state index < -0.39 is 0 Å². The van der Waals surface area contributed by atoms with Crippen molar-refractivity contribution in [1.82, 2.24) is 4.98 Å². The monoisotopic (exact) mass is 154 g/mol. The van der Waals surface area contributed by atoms with E-state index in [0.717, 1.165) is 11.2 Å². The molecule has 1 aromatic carbocycles. The number of hydrogen-bond acceptors (Lipinski definition) is 0. The molecule has 11 heavy (non-hydrogen) atoms. The van der Waals surface area contributed by atoms with Gasteiger partial charge in [-0.1, -0.05) is 18.2 Å². The summed E-state index contributed by atoms with van der Waals surface area (Å²) in [5, 5.41) is 1.23. The molecule has 0 unspecified atom stereocenters. The van der Waals surface area contributed by atoms with Crippen molar-refractivity contribution in [3.05, 3.63) is 42.9 Å². The molecule has 0 aliphatic rings. The fraction of sp³-hybridized carbons (Fsp3) is 0. The van der Waals surface area contributed by atoms with Crippen LogP contribution in [-0.4, -0.2) is 34.5 Å². The van der Waals surface area contributed by atoms with Crippen LogP contribution in [0, 0.1) is 6.92 Å². The normalized spacial score (nSPS) is 9.55. The molecular formula is C9H9NNa. The molecule has 1 aromatic heterocycles. The second-order valence-electron chi connectivity index (χ2n) is 2.38. The van der Waals surface area contributed by atoms with E-state index in [0.29, 0.717) is 0 Å². The van der Waals surface area contributed by atoms with Gasteiger partial charge in [0, 0.05) is 11.2 Å². The number of fused-ring (bicyclic) bond motifs is 1. The number of H-pyrrole nitrogens is 1. The van der Waals surface area contributed by atoms with Gasteiger partial charge in [0.1, 0.15) is 0 Å². The zero-order valence-electron chi connectivity index (χ0n) is 5.59. The Morgan fingerprint density at radius 1 is 1.18 bits per heavy atom. The van der Waals surface area contributed by atoms with Gasteiger partial charge in [0.2, 0.25) is 0 Å². The van der Waals surface area contributed by atoms with Crippen LogP contribution in [0.3, 0.4) is 0 Å². The zero-order valence-corrected chi connectivity index (χ0v) is 5.59. The molecule has 51 valence electrons. The number of aromatic nitrogens is 1. The minimum atomic E-state index is 0. The molecule has 2 heteroatoms. The SMILES string of the molecule is [CH2]c1cc2ccccc2[nH]1.[NaH]. The van der Waals surface area contributed by atoms with Gasteiger partial charge in [0.15, 0.2) is 0 Å². The summed E-state index contributed by atoms with van der Waals surface area (Å²) in [5.41, 5.74) is 2.13. The van der Waals surface area contributed by atoms with Crippen LogP contribution in [0.4, 0.5) is 0 Å². The number of benzene rings is 1. The van der Waals surface area contributed by atoms with E-state index in [1.165, 1.54) is 5.39 Å². The van der Waals surface area contributed by atoms with Crippen LogP contribution < -0.4 is 0 Å². The zero-order chi connectivity index (χ0) is 6.97. The molecule has 1 nitrogen and oxygen atoms in total. The van der Waals surface area contributed by atoms with E-state index in [9.17, 15) is 0 Å². The fourth-order valence-corrected chi connectivity index (χ4v) is 1.13. The second-order valence-corrected chi connectivity index (χ2v) is 2.38. The summed E-state index contributed by atoms with van der Waals surface area (Å²) in [4.78, 5) is 3.15. The summed E-state index contributed by atoms with van der Waals surface area (Å²) in [6.45, 7) is 3.80. The van der Waals surface area contributed by atoms with E-state index >= 15 is 0 Å². The molecule has 2 rings (SSSR count). The molecule has 1 heterocycles. The van der Waals surface area contributed by atoms with Crippen molar-refractivity contribution >= 4 is 40.5 Å². The van der Waals surface area contributed by atoms with Gasteiger partial charge in [-0.3, -0.25) is 0 Å². The van der Waals surface area contributed by atoms with Gasteiger partial charge in [-0.25, -0.2) is 0 Å². The molecule has 0 amide bonds. The van der Waals surface area contributed by atoms with Gasteiger partial charge in [-0.05, 0) is 24.4 Å². The summed E-state index contributed by atoms with van der Waals surface area (Å²) >= 11 is 0. The van der Waals surface area contributed by atoms with Crippen LogP contribution in [0.25, 0.3) is 10.9 Å². The Labute approximate surface area is 88.1 Å². The second kappa shape index (κ2) is 3.44. The van der Waals surface area contributed by atoms with Crippen LogP contribution >= 0.6 is 0 Å². The van der Waals surface area contributed by atoms with Crippen molar-refractivity contribution in [3.8, 4) is 0 Å². The molecule has 0 bridgehead atoms. The molecule has 1 N–H and O–H groups in total. The average Bonchev–Trinajstić information content (AvgIpc) is 2.27. The number of para-hydroxylation sites is 1. The molecular weight excluding hydrogens is 145 g/mol. The van der Waals surface area contributed by atoms with E-state index in [-0.39, 0.29) is 29.6 Å². The third-order valence-corrected chi connectivity index (χ3v) is 1.59. The first-order valence-electron chi connectivity index (χ1n) is 3.26. The van der Waals surface area contributed by atoms with Gasteiger partial charge in [0.05, 0.1) is 0 Å². The molecule has 0 aliphatic heterocycles. The maximum atomic E-state index is 3.80. The first-order valence-corrected chi connectivity index (χ1v) is 3.26. The van der Waals surface area contributed by atoms with Crippen molar-refractivity contribution in [2.24, 2.45) is 0 Å². The third-order valence-electron chi connectivity index (χ3n) is 1.59. The predicted molar refractivity (Wildman–Crippen MR) is 49.9 cm³/mol. The van der Waals surface area contributed by atoms with E-state index in [2.05, 4.69) is 18.0 Å². The molecule has 0 spiro atoms. The van der Waals surface area contributed by atoms with Crippen LogP contribution in [0.15, 0.2) is 30.3 Å². The van der Waals surface area contributed by atoms with Gasteiger partial charge < -0.3 is 4.98 Å². The Morgan fingerprint density at radius 2 is 1.91 bits per heavy atom. The molecule has 0 saturated heterocycles. The maximum absolute atomic E-state index is 3.80. The summed E-state index contributed by atoms with van der Waals surface area (Å²) in [6.07, 6.45) is 0. The van der Waals surface area contributed by atoms with Crippen LogP contribution in [-0.2, 0) is 0 Å². The minimum absolute atomic E-state index is 0. The first-order chi connectivity index (χ1) is 4.86. The molecule has 0 fully saturated rings. The molecule has 0 atom stereocenters. The van der Waals surface area contributed by atoms with Crippen molar-refractivity contribution in [3.63, 3.8) is 0 Å². The van der Waals surface area contributed by atoms with Gasteiger partial charge >= 0.3 is 29.6 Å². The third kappa shape index (κ3) is 1.67. The van der Waals surface area contributed by atoms with Crippen LogP contribution in [0.5, 0.6) is 0 Å². The van der Waals surface area contributed by atoms with Crippen LogP contribution in [0.2, 0.25) is 0 Å². The fourth-order valence-electron chi connectivity index (χ4n) is 1.13. The summed E-state index contributed by atoms with van der Waals surface area (Å²) in [5.74, 6) is 0. The Hall–Kier alpha value is -0.240. The predicted octanol–water partition coefficient (Wildman–Crippen LogP) is 1.70. The Balaban J connectivity index is 0.000000605. The Morgan fingerprint density at radius 3 is 2.64 bits per heavy atom. The van der Waals surface area contributed by atoms with Crippen molar-refractivity contribution < 1.29 is 0 Å². The van der Waals surface area contributed by atoms with Crippen molar-refractivity contribution in [1.29, 1.82) is 0 Å². The summed E-state index contributed by atoms with van der Waals surface area (Å²) in [6, 6.07) is 10.2. The summed E-state index contributed by atoms with van der Waals surface area (Å²) < 4.78 is 0. The van der Waals surface area contributed by atoms with E-state index in [1.54, 1.807) is 0 Å². The van der Waals surface area contributed by atoms with Crippen molar-refractivity contribution in [2.45, 2.75) is 0 Å². The van der Waals surface area contributed by atoms with Gasteiger partial charge in [0.25, 0.3) is 0 Å². The van der Waals surface area contributed by atoms with Crippen LogP contribution in [0.1, 0.15) is 5.69 Å². The summed E-state index contributed by atoms with van der Waals surface area (Å²) in [7, 11) is 0. The van der Waals surface area contributed by atoms with E-state index in [4.69, 9.17) is 0 Å². The molecule has 1 radical (unpaired) electrons. The Bertz CT molecular complexity index is 318. The number of rotatable bonds is 0. The average molecular weight is 154 g/mol. The number of aromatic amines is 1. The van der Waals surface area contributed by atoms with Gasteiger partial charge in [-0.15, -0.1) is 0 Å². The Kier molecular flexibility index (Phi) is 2.77. The van der Waals surface area contributed by atoms with Crippen molar-refractivity contribution in [2.75, 3.05) is 0 Å². The topological polar surface area (TPSA) is 15.8 Å². The first kappa shape index (κ1) is 8.85. The molecule has 0 aliphatic carbocycles. The van der Waals surface area contributed by atoms with Gasteiger partial charge in [-0.2, -0.15) is 0 Å². The quantitative estimate of drug-likeness (QED) is 0.556. The van der Waals surface area contributed by atoms with E-state index in [1.807, 2.05) is 24.3 Å².